The number of alkyl halides is 3. The van der Waals surface area contributed by atoms with Crippen LogP contribution >= 0.6 is 11.6 Å². The van der Waals surface area contributed by atoms with Crippen molar-refractivity contribution in [2.24, 2.45) is 0 Å². The van der Waals surface area contributed by atoms with E-state index in [1.165, 1.54) is 0 Å². The van der Waals surface area contributed by atoms with E-state index in [9.17, 15) is 13.2 Å². The summed E-state index contributed by atoms with van der Waals surface area (Å²) in [4.78, 5) is 6.95. The average Bonchev–Trinajstić information content (AvgIpc) is 2.27. The smallest absolute Gasteiger partial charge is 0.365 e. The first-order valence-electron chi connectivity index (χ1n) is 5.60. The maximum atomic E-state index is 12.6. The van der Waals surface area contributed by atoms with Gasteiger partial charge in [0.05, 0.1) is 0 Å². The molecule has 0 aliphatic rings. The Labute approximate surface area is 109 Å². The number of halogens is 4. The van der Waals surface area contributed by atoms with Gasteiger partial charge < -0.3 is 5.32 Å². The summed E-state index contributed by atoms with van der Waals surface area (Å²) < 4.78 is 37.7. The van der Waals surface area contributed by atoms with E-state index < -0.39 is 17.2 Å². The number of rotatable bonds is 4. The van der Waals surface area contributed by atoms with Crippen LogP contribution in [0.5, 0.6) is 0 Å². The minimum absolute atomic E-state index is 0.0912. The summed E-state index contributed by atoms with van der Waals surface area (Å²) >= 11 is 5.51. The lowest BCUT2D eigenvalue weighted by Gasteiger charge is -2.29. The van der Waals surface area contributed by atoms with Crippen LogP contribution in [0.25, 0.3) is 0 Å². The molecule has 0 fully saturated rings. The van der Waals surface area contributed by atoms with Gasteiger partial charge in [0, 0.05) is 11.6 Å². The van der Waals surface area contributed by atoms with E-state index in [-0.39, 0.29) is 11.4 Å². The minimum Gasteiger partial charge on any atom is -0.365 e. The second-order valence-corrected chi connectivity index (χ2v) is 4.64. The van der Waals surface area contributed by atoms with Gasteiger partial charge in [0.2, 0.25) is 5.28 Å². The third-order valence-corrected chi connectivity index (χ3v) is 3.15. The fourth-order valence-electron chi connectivity index (χ4n) is 1.36. The quantitative estimate of drug-likeness (QED) is 0.843. The number of hydrogen-bond acceptors (Lipinski definition) is 3. The predicted molar refractivity (Wildman–Crippen MR) is 64.7 cm³/mol. The molecule has 3 nitrogen and oxygen atoms in total. The molecule has 1 aromatic rings. The first-order valence-corrected chi connectivity index (χ1v) is 5.98. The second kappa shape index (κ2) is 5.30. The Balaban J connectivity index is 3.08. The van der Waals surface area contributed by atoms with Gasteiger partial charge in [-0.3, -0.25) is 0 Å². The Morgan fingerprint density at radius 2 is 1.78 bits per heavy atom. The second-order valence-electron chi connectivity index (χ2n) is 4.30. The lowest BCUT2D eigenvalue weighted by atomic mass is 9.96. The Morgan fingerprint density at radius 3 is 2.22 bits per heavy atom. The molecule has 0 amide bonds. The van der Waals surface area contributed by atoms with Crippen LogP contribution in [0.4, 0.5) is 19.0 Å². The summed E-state index contributed by atoms with van der Waals surface area (Å²) in [7, 11) is 0. The van der Waals surface area contributed by atoms with E-state index in [2.05, 4.69) is 15.3 Å². The zero-order valence-electron chi connectivity index (χ0n) is 10.4. The van der Waals surface area contributed by atoms with E-state index in [4.69, 9.17) is 11.6 Å². The number of nitrogens with one attached hydrogen (secondary N) is 1. The van der Waals surface area contributed by atoms with Crippen LogP contribution in [0.3, 0.4) is 0 Å². The monoisotopic (exact) mass is 281 g/mol. The number of hydrogen-bond donors (Lipinski definition) is 1. The Hall–Kier alpha value is -1.04. The summed E-state index contributed by atoms with van der Waals surface area (Å²) in [5.41, 5.74) is -1.36. The van der Waals surface area contributed by atoms with E-state index >= 15 is 0 Å². The molecule has 7 heteroatoms. The van der Waals surface area contributed by atoms with E-state index in [0.29, 0.717) is 0 Å². The van der Waals surface area contributed by atoms with Crippen molar-refractivity contribution in [1.82, 2.24) is 9.97 Å². The lowest BCUT2D eigenvalue weighted by molar-refractivity contribution is -0.141. The maximum absolute atomic E-state index is 12.6. The summed E-state index contributed by atoms with van der Waals surface area (Å²) in [6.45, 7) is 5.81. The normalized spacial score (nSPS) is 12.6. The Bertz CT molecular complexity index is 416. The van der Waals surface area contributed by atoms with Crippen molar-refractivity contribution in [1.29, 1.82) is 0 Å². The fraction of sp³-hybridized carbons (Fsp3) is 0.636. The van der Waals surface area contributed by atoms with Crippen molar-refractivity contribution in [2.75, 3.05) is 5.32 Å². The summed E-state index contributed by atoms with van der Waals surface area (Å²) in [6, 6.07) is 0.870. The molecule has 0 atom stereocenters. The maximum Gasteiger partial charge on any atom is 0.433 e. The summed E-state index contributed by atoms with van der Waals surface area (Å²) in [5, 5.41) is 2.56. The highest BCUT2D eigenvalue weighted by molar-refractivity contribution is 6.28. The van der Waals surface area contributed by atoms with Gasteiger partial charge in [-0.1, -0.05) is 13.8 Å². The molecular weight excluding hydrogens is 267 g/mol. The predicted octanol–water partition coefficient (Wildman–Crippen LogP) is 4.14. The van der Waals surface area contributed by atoms with Crippen LogP contribution in [-0.2, 0) is 6.18 Å². The first-order chi connectivity index (χ1) is 8.20. The molecule has 0 saturated carbocycles. The molecule has 102 valence electrons. The van der Waals surface area contributed by atoms with Crippen molar-refractivity contribution in [3.63, 3.8) is 0 Å². The van der Waals surface area contributed by atoms with Crippen LogP contribution in [0.1, 0.15) is 39.3 Å². The van der Waals surface area contributed by atoms with Crippen molar-refractivity contribution < 1.29 is 13.2 Å². The Morgan fingerprint density at radius 1 is 1.22 bits per heavy atom. The summed E-state index contributed by atoms with van der Waals surface area (Å²) in [5.74, 6) is 0.0912. The van der Waals surface area contributed by atoms with E-state index in [1.54, 1.807) is 0 Å². The van der Waals surface area contributed by atoms with Gasteiger partial charge in [0.25, 0.3) is 0 Å². The highest BCUT2D eigenvalue weighted by Gasteiger charge is 2.34. The Kier molecular flexibility index (Phi) is 4.42. The first kappa shape index (κ1) is 15.0. The van der Waals surface area contributed by atoms with Gasteiger partial charge in [-0.25, -0.2) is 9.97 Å². The molecule has 0 bridgehead atoms. The van der Waals surface area contributed by atoms with Gasteiger partial charge >= 0.3 is 6.18 Å². The third kappa shape index (κ3) is 3.73. The van der Waals surface area contributed by atoms with Crippen LogP contribution in [0, 0.1) is 0 Å². The molecule has 0 unspecified atom stereocenters. The van der Waals surface area contributed by atoms with Gasteiger partial charge in [-0.2, -0.15) is 13.2 Å². The van der Waals surface area contributed by atoms with Crippen LogP contribution in [0.15, 0.2) is 6.07 Å². The van der Waals surface area contributed by atoms with Gasteiger partial charge in [-0.15, -0.1) is 0 Å². The molecule has 0 aliphatic heterocycles. The average molecular weight is 282 g/mol. The molecular formula is C11H15ClF3N3. The molecule has 1 heterocycles. The molecule has 1 N–H and O–H groups in total. The molecule has 1 rings (SSSR count). The van der Waals surface area contributed by atoms with Gasteiger partial charge in [0.1, 0.15) is 5.82 Å². The number of aromatic nitrogens is 2. The SMILES string of the molecule is CCC(C)(CC)Nc1cc(C(F)(F)F)nc(Cl)n1. The zero-order chi connectivity index (χ0) is 14.0. The molecule has 1 aromatic heterocycles. The van der Waals surface area contributed by atoms with Crippen molar-refractivity contribution in [3.05, 3.63) is 17.0 Å². The molecule has 0 radical (unpaired) electrons. The highest BCUT2D eigenvalue weighted by atomic mass is 35.5. The molecule has 0 aliphatic carbocycles. The molecule has 18 heavy (non-hydrogen) atoms. The van der Waals surface area contributed by atoms with Crippen LogP contribution in [-0.4, -0.2) is 15.5 Å². The highest BCUT2D eigenvalue weighted by Crippen LogP contribution is 2.30. The summed E-state index contributed by atoms with van der Waals surface area (Å²) in [6.07, 6.45) is -3.02. The molecule has 0 aromatic carbocycles. The van der Waals surface area contributed by atoms with E-state index in [1.807, 2.05) is 20.8 Å². The van der Waals surface area contributed by atoms with Crippen LogP contribution < -0.4 is 5.32 Å². The van der Waals surface area contributed by atoms with Crippen molar-refractivity contribution in [3.8, 4) is 0 Å². The van der Waals surface area contributed by atoms with Crippen molar-refractivity contribution in [2.45, 2.75) is 45.3 Å². The van der Waals surface area contributed by atoms with Crippen LogP contribution in [0.2, 0.25) is 5.28 Å². The minimum atomic E-state index is -4.53. The molecule has 0 saturated heterocycles. The zero-order valence-corrected chi connectivity index (χ0v) is 11.2. The molecule has 0 spiro atoms. The lowest BCUT2D eigenvalue weighted by Crippen LogP contribution is -2.33. The largest absolute Gasteiger partial charge is 0.433 e. The number of anilines is 1. The fourth-order valence-corrected chi connectivity index (χ4v) is 1.55. The van der Waals surface area contributed by atoms with Gasteiger partial charge in [0.15, 0.2) is 5.69 Å². The topological polar surface area (TPSA) is 37.8 Å². The van der Waals surface area contributed by atoms with Crippen molar-refractivity contribution >= 4 is 17.4 Å². The standard InChI is InChI=1S/C11H15ClF3N3/c1-4-10(3,5-2)18-8-6-7(11(13,14)15)16-9(12)17-8/h6H,4-5H2,1-3H3,(H,16,17,18). The van der Waals surface area contributed by atoms with E-state index in [0.717, 1.165) is 18.9 Å². The third-order valence-electron chi connectivity index (χ3n) is 2.98. The number of nitrogens with zero attached hydrogens (tertiary/aromatic N) is 2. The van der Waals surface area contributed by atoms with Gasteiger partial charge in [-0.05, 0) is 31.4 Å².